The van der Waals surface area contributed by atoms with E-state index in [4.69, 9.17) is 10.5 Å². The second-order valence-electron chi connectivity index (χ2n) is 6.98. The summed E-state index contributed by atoms with van der Waals surface area (Å²) >= 11 is 0. The van der Waals surface area contributed by atoms with Gasteiger partial charge in [0.15, 0.2) is 0 Å². The van der Waals surface area contributed by atoms with Crippen molar-refractivity contribution < 1.29 is 9.53 Å². The third-order valence-electron chi connectivity index (χ3n) is 5.63. The highest BCUT2D eigenvalue weighted by Gasteiger charge is 2.34. The minimum absolute atomic E-state index is 0.0744. The van der Waals surface area contributed by atoms with Crippen molar-refractivity contribution >= 4 is 5.91 Å². The van der Waals surface area contributed by atoms with Crippen LogP contribution in [0.5, 0.6) is 0 Å². The van der Waals surface area contributed by atoms with Crippen molar-refractivity contribution in [1.29, 1.82) is 0 Å². The molecule has 0 aliphatic carbocycles. The maximum atomic E-state index is 12.8. The number of rotatable bonds is 8. The molecule has 3 N–H and O–H groups in total. The van der Waals surface area contributed by atoms with Gasteiger partial charge in [-0.1, -0.05) is 43.7 Å². The van der Waals surface area contributed by atoms with Crippen LogP contribution in [-0.2, 0) is 9.53 Å². The first kappa shape index (κ1) is 19.9. The summed E-state index contributed by atoms with van der Waals surface area (Å²) in [5.41, 5.74) is 7.94. The van der Waals surface area contributed by atoms with E-state index in [9.17, 15) is 4.79 Å². The van der Waals surface area contributed by atoms with E-state index in [-0.39, 0.29) is 11.9 Å². The molecule has 0 bridgehead atoms. The van der Waals surface area contributed by atoms with Gasteiger partial charge in [-0.2, -0.15) is 0 Å². The van der Waals surface area contributed by atoms with Crippen LogP contribution in [0, 0.1) is 12.3 Å². The first-order valence-electron chi connectivity index (χ1n) is 9.43. The van der Waals surface area contributed by atoms with Gasteiger partial charge in [-0.3, -0.25) is 9.69 Å². The molecule has 25 heavy (non-hydrogen) atoms. The summed E-state index contributed by atoms with van der Waals surface area (Å²) in [4.78, 5) is 15.2. The Hall–Kier alpha value is -1.43. The molecular formula is C20H33N3O2. The van der Waals surface area contributed by atoms with E-state index >= 15 is 0 Å². The monoisotopic (exact) mass is 347 g/mol. The Kier molecular flexibility index (Phi) is 7.41. The van der Waals surface area contributed by atoms with Crippen molar-refractivity contribution in [2.24, 2.45) is 11.1 Å². The fraction of sp³-hybridized carbons (Fsp3) is 0.650. The topological polar surface area (TPSA) is 67.6 Å². The summed E-state index contributed by atoms with van der Waals surface area (Å²) in [7, 11) is 0. The number of carbonyl (C=O) groups is 1. The second kappa shape index (κ2) is 9.32. The number of ether oxygens (including phenoxy) is 1. The van der Waals surface area contributed by atoms with Crippen LogP contribution in [0.3, 0.4) is 0 Å². The number of amides is 1. The lowest BCUT2D eigenvalue weighted by Crippen LogP contribution is -2.49. The van der Waals surface area contributed by atoms with Crippen LogP contribution >= 0.6 is 0 Å². The fourth-order valence-electron chi connectivity index (χ4n) is 3.46. The normalized spacial score (nSPS) is 17.3. The number of morpholine rings is 1. The van der Waals surface area contributed by atoms with Gasteiger partial charge in [0.1, 0.15) is 0 Å². The number of nitrogens with zero attached hydrogens (tertiary/aromatic N) is 1. The summed E-state index contributed by atoms with van der Waals surface area (Å²) in [5.74, 6) is 0.0744. The van der Waals surface area contributed by atoms with Crippen LogP contribution in [0.25, 0.3) is 0 Å². The van der Waals surface area contributed by atoms with E-state index < -0.39 is 5.41 Å². The van der Waals surface area contributed by atoms with Gasteiger partial charge in [-0.05, 0) is 25.3 Å². The van der Waals surface area contributed by atoms with Gasteiger partial charge in [-0.15, -0.1) is 0 Å². The van der Waals surface area contributed by atoms with Crippen molar-refractivity contribution in [2.45, 2.75) is 39.7 Å². The Balaban J connectivity index is 2.13. The standard InChI is InChI=1S/C20H33N3O2/c1-4-20(5-2,15-21)19(24)22-14-18(23-10-12-25-13-11-23)17-8-6-16(3)7-9-17/h6-9,18H,4-5,10-15,21H2,1-3H3,(H,22,24). The molecule has 0 aromatic heterocycles. The van der Waals surface area contributed by atoms with Crippen molar-refractivity contribution in [1.82, 2.24) is 10.2 Å². The first-order chi connectivity index (χ1) is 12.1. The molecule has 1 saturated heterocycles. The minimum atomic E-state index is -0.456. The van der Waals surface area contributed by atoms with E-state index in [0.29, 0.717) is 13.1 Å². The molecule has 1 unspecified atom stereocenters. The number of hydrogen-bond donors (Lipinski definition) is 2. The van der Waals surface area contributed by atoms with Crippen molar-refractivity contribution in [3.63, 3.8) is 0 Å². The lowest BCUT2D eigenvalue weighted by Gasteiger charge is -2.36. The highest BCUT2D eigenvalue weighted by atomic mass is 16.5. The SMILES string of the molecule is CCC(CC)(CN)C(=O)NCC(c1ccc(C)cc1)N1CCOCC1. The van der Waals surface area contributed by atoms with Crippen molar-refractivity contribution in [3.8, 4) is 0 Å². The Morgan fingerprint density at radius 1 is 1.24 bits per heavy atom. The van der Waals surface area contributed by atoms with Gasteiger partial charge in [-0.25, -0.2) is 0 Å². The molecule has 1 amide bonds. The highest BCUT2D eigenvalue weighted by Crippen LogP contribution is 2.26. The number of aryl methyl sites for hydroxylation is 1. The zero-order chi connectivity index (χ0) is 18.3. The molecule has 1 aromatic rings. The van der Waals surface area contributed by atoms with Crippen LogP contribution in [0.2, 0.25) is 0 Å². The lowest BCUT2D eigenvalue weighted by atomic mass is 9.81. The number of nitrogens with two attached hydrogens (primary N) is 1. The lowest BCUT2D eigenvalue weighted by molar-refractivity contribution is -0.131. The molecule has 5 heteroatoms. The van der Waals surface area contributed by atoms with Crippen molar-refractivity contribution in [2.75, 3.05) is 39.4 Å². The predicted molar refractivity (Wildman–Crippen MR) is 101 cm³/mol. The molecule has 1 aliphatic rings. The molecule has 0 saturated carbocycles. The maximum Gasteiger partial charge on any atom is 0.227 e. The van der Waals surface area contributed by atoms with E-state index in [1.165, 1.54) is 11.1 Å². The highest BCUT2D eigenvalue weighted by molar-refractivity contribution is 5.82. The molecule has 0 spiro atoms. The average Bonchev–Trinajstić information content (AvgIpc) is 2.66. The number of carbonyl (C=O) groups excluding carboxylic acids is 1. The van der Waals surface area contributed by atoms with Gasteiger partial charge in [0.05, 0.1) is 24.7 Å². The van der Waals surface area contributed by atoms with Gasteiger partial charge >= 0.3 is 0 Å². The van der Waals surface area contributed by atoms with E-state index in [1.54, 1.807) is 0 Å². The molecule has 1 atom stereocenters. The number of hydrogen-bond acceptors (Lipinski definition) is 4. The summed E-state index contributed by atoms with van der Waals surface area (Å²) in [5, 5.41) is 3.19. The minimum Gasteiger partial charge on any atom is -0.379 e. The molecule has 2 rings (SSSR count). The smallest absolute Gasteiger partial charge is 0.227 e. The zero-order valence-electron chi connectivity index (χ0n) is 15.9. The molecule has 1 aromatic carbocycles. The molecule has 1 aliphatic heterocycles. The maximum absolute atomic E-state index is 12.8. The third-order valence-corrected chi connectivity index (χ3v) is 5.63. The van der Waals surface area contributed by atoms with Crippen molar-refractivity contribution in [3.05, 3.63) is 35.4 Å². The summed E-state index contributed by atoms with van der Waals surface area (Å²) < 4.78 is 5.49. The van der Waals surface area contributed by atoms with Crippen LogP contribution in [-0.4, -0.2) is 50.2 Å². The largest absolute Gasteiger partial charge is 0.379 e. The predicted octanol–water partition coefficient (Wildman–Crippen LogP) is 2.25. The quantitative estimate of drug-likeness (QED) is 0.757. The van der Waals surface area contributed by atoms with Gasteiger partial charge in [0.2, 0.25) is 5.91 Å². The van der Waals surface area contributed by atoms with E-state index in [2.05, 4.69) is 41.4 Å². The molecule has 0 radical (unpaired) electrons. The molecule has 5 nitrogen and oxygen atoms in total. The van der Waals surface area contributed by atoms with Crippen LogP contribution < -0.4 is 11.1 Å². The van der Waals surface area contributed by atoms with Gasteiger partial charge < -0.3 is 15.8 Å². The Labute approximate surface area is 151 Å². The summed E-state index contributed by atoms with van der Waals surface area (Å²) in [6, 6.07) is 8.76. The van der Waals surface area contributed by atoms with Crippen LogP contribution in [0.4, 0.5) is 0 Å². The second-order valence-corrected chi connectivity index (χ2v) is 6.98. The number of benzene rings is 1. The Morgan fingerprint density at radius 2 is 1.84 bits per heavy atom. The summed E-state index contributed by atoms with van der Waals surface area (Å²) in [6.07, 6.45) is 1.52. The average molecular weight is 348 g/mol. The number of nitrogens with one attached hydrogen (secondary N) is 1. The molecule has 1 fully saturated rings. The van der Waals surface area contributed by atoms with Gasteiger partial charge in [0.25, 0.3) is 0 Å². The van der Waals surface area contributed by atoms with Crippen LogP contribution in [0.1, 0.15) is 43.9 Å². The summed E-state index contributed by atoms with van der Waals surface area (Å²) in [6.45, 7) is 10.4. The van der Waals surface area contributed by atoms with E-state index in [1.807, 2.05) is 13.8 Å². The van der Waals surface area contributed by atoms with E-state index in [0.717, 1.165) is 39.1 Å². The van der Waals surface area contributed by atoms with Gasteiger partial charge in [0, 0.05) is 26.2 Å². The molecular weight excluding hydrogens is 314 g/mol. The molecule has 140 valence electrons. The first-order valence-corrected chi connectivity index (χ1v) is 9.43. The fourth-order valence-corrected chi connectivity index (χ4v) is 3.46. The molecule has 1 heterocycles. The third kappa shape index (κ3) is 4.81. The Bertz CT molecular complexity index is 526. The van der Waals surface area contributed by atoms with Crippen LogP contribution in [0.15, 0.2) is 24.3 Å². The Morgan fingerprint density at radius 3 is 2.36 bits per heavy atom. The zero-order valence-corrected chi connectivity index (χ0v) is 15.9.